The molecule has 1 aromatic heterocycles. The molecule has 0 saturated heterocycles. The Morgan fingerprint density at radius 2 is 2.00 bits per heavy atom. The number of nitrogens with zero attached hydrogens (tertiary/aromatic N) is 2. The van der Waals surface area contributed by atoms with E-state index in [0.29, 0.717) is 11.8 Å². The van der Waals surface area contributed by atoms with E-state index in [0.717, 1.165) is 24.2 Å². The van der Waals surface area contributed by atoms with Crippen LogP contribution in [0.15, 0.2) is 50.5 Å². The Morgan fingerprint density at radius 3 is 2.69 bits per heavy atom. The van der Waals surface area contributed by atoms with E-state index in [-0.39, 0.29) is 33.6 Å². The van der Waals surface area contributed by atoms with Crippen LogP contribution in [0.4, 0.5) is 14.5 Å². The Kier molecular flexibility index (Phi) is 7.21. The number of hydrogen-bond acceptors (Lipinski definition) is 6. The summed E-state index contributed by atoms with van der Waals surface area (Å²) in [6.07, 6.45) is 0.947. The van der Waals surface area contributed by atoms with Crippen molar-refractivity contribution in [2.75, 3.05) is 11.1 Å². The molecule has 0 aliphatic rings. The molecule has 0 fully saturated rings. The van der Waals surface area contributed by atoms with Crippen molar-refractivity contribution in [1.82, 2.24) is 10.2 Å². The van der Waals surface area contributed by atoms with E-state index in [9.17, 15) is 13.6 Å². The van der Waals surface area contributed by atoms with Gasteiger partial charge < -0.3 is 14.5 Å². The van der Waals surface area contributed by atoms with Crippen LogP contribution in [-0.2, 0) is 17.8 Å². The Balaban J connectivity index is 1.49. The molecule has 1 N–H and O–H groups in total. The number of carbonyl (C=O) groups is 1. The molecule has 0 atom stereocenters. The van der Waals surface area contributed by atoms with Crippen LogP contribution in [0.2, 0.25) is 0 Å². The largest absolute Gasteiger partial charge is 0.484 e. The summed E-state index contributed by atoms with van der Waals surface area (Å²) < 4.78 is 38.0. The van der Waals surface area contributed by atoms with Crippen molar-refractivity contribution in [3.8, 4) is 5.75 Å². The number of hydrogen-bond donors (Lipinski definition) is 1. The SMILES string of the molecule is CCc1ccc(OCc2nnc(SCC(=O)Nc3c(F)cc(F)cc3Br)o2)cc1. The number of amides is 1. The van der Waals surface area contributed by atoms with Crippen LogP contribution in [0, 0.1) is 11.6 Å². The number of rotatable bonds is 8. The second-order valence-corrected chi connectivity index (χ2v) is 7.61. The van der Waals surface area contributed by atoms with E-state index < -0.39 is 17.5 Å². The molecule has 1 amide bonds. The third-order valence-corrected chi connectivity index (χ3v) is 5.18. The molecule has 29 heavy (non-hydrogen) atoms. The molecule has 3 rings (SSSR count). The highest BCUT2D eigenvalue weighted by Crippen LogP contribution is 2.27. The lowest BCUT2D eigenvalue weighted by Crippen LogP contribution is -2.15. The van der Waals surface area contributed by atoms with Crippen molar-refractivity contribution in [1.29, 1.82) is 0 Å². The van der Waals surface area contributed by atoms with E-state index in [1.165, 1.54) is 5.56 Å². The van der Waals surface area contributed by atoms with Crippen LogP contribution in [-0.4, -0.2) is 21.9 Å². The molecule has 0 radical (unpaired) electrons. The first-order valence-corrected chi connectivity index (χ1v) is 10.3. The van der Waals surface area contributed by atoms with Gasteiger partial charge in [-0.1, -0.05) is 30.8 Å². The summed E-state index contributed by atoms with van der Waals surface area (Å²) in [7, 11) is 0. The molecule has 6 nitrogen and oxygen atoms in total. The van der Waals surface area contributed by atoms with Crippen LogP contribution >= 0.6 is 27.7 Å². The number of thioether (sulfide) groups is 1. The van der Waals surface area contributed by atoms with Gasteiger partial charge in [0.15, 0.2) is 12.4 Å². The molecule has 0 bridgehead atoms. The Morgan fingerprint density at radius 1 is 1.24 bits per heavy atom. The molecule has 0 saturated carbocycles. The molecule has 3 aromatic rings. The maximum atomic E-state index is 13.8. The summed E-state index contributed by atoms with van der Waals surface area (Å²) in [6, 6.07) is 9.43. The van der Waals surface area contributed by atoms with Crippen molar-refractivity contribution < 1.29 is 22.7 Å². The van der Waals surface area contributed by atoms with Gasteiger partial charge in [0.05, 0.1) is 11.4 Å². The highest BCUT2D eigenvalue weighted by Gasteiger charge is 2.15. The summed E-state index contributed by atoms with van der Waals surface area (Å²) in [5.74, 6) is -1.28. The van der Waals surface area contributed by atoms with E-state index in [4.69, 9.17) is 9.15 Å². The summed E-state index contributed by atoms with van der Waals surface area (Å²) in [6.45, 7) is 2.17. The number of halogens is 3. The van der Waals surface area contributed by atoms with Crippen molar-refractivity contribution in [3.05, 3.63) is 64.0 Å². The smallest absolute Gasteiger partial charge is 0.277 e. The molecular formula is C19H16BrF2N3O3S. The standard InChI is InChI=1S/C19H16BrF2N3O3S/c1-2-11-3-5-13(6-4-11)27-9-17-24-25-19(28-17)29-10-16(26)23-18-14(20)7-12(21)8-15(18)22/h3-8H,2,9-10H2,1H3,(H,23,26). The minimum absolute atomic E-state index is 0.0930. The van der Waals surface area contributed by atoms with E-state index in [1.54, 1.807) is 0 Å². The zero-order valence-corrected chi connectivity index (χ0v) is 17.6. The molecule has 10 heteroatoms. The Hall–Kier alpha value is -2.46. The minimum Gasteiger partial charge on any atom is -0.484 e. The molecular weight excluding hydrogens is 468 g/mol. The van der Waals surface area contributed by atoms with E-state index in [1.807, 2.05) is 24.3 Å². The van der Waals surface area contributed by atoms with Crippen LogP contribution in [0.5, 0.6) is 5.75 Å². The summed E-state index contributed by atoms with van der Waals surface area (Å²) in [5, 5.41) is 10.3. The van der Waals surface area contributed by atoms with Crippen LogP contribution < -0.4 is 10.1 Å². The molecule has 0 aliphatic carbocycles. The molecule has 152 valence electrons. The third-order valence-electron chi connectivity index (χ3n) is 3.74. The third kappa shape index (κ3) is 6.01. The maximum absolute atomic E-state index is 13.8. The van der Waals surface area contributed by atoms with Gasteiger partial charge in [0, 0.05) is 10.5 Å². The number of aromatic nitrogens is 2. The van der Waals surface area contributed by atoms with Gasteiger partial charge in [-0.25, -0.2) is 8.78 Å². The van der Waals surface area contributed by atoms with Gasteiger partial charge in [-0.15, -0.1) is 10.2 Å². The van der Waals surface area contributed by atoms with Gasteiger partial charge in [0.2, 0.25) is 5.91 Å². The summed E-state index contributed by atoms with van der Waals surface area (Å²) in [4.78, 5) is 12.0. The highest BCUT2D eigenvalue weighted by atomic mass is 79.9. The summed E-state index contributed by atoms with van der Waals surface area (Å²) in [5.41, 5.74) is 1.07. The zero-order valence-electron chi connectivity index (χ0n) is 15.2. The average Bonchev–Trinajstić information content (AvgIpc) is 3.16. The lowest BCUT2D eigenvalue weighted by molar-refractivity contribution is -0.113. The van der Waals surface area contributed by atoms with E-state index in [2.05, 4.69) is 38.4 Å². The van der Waals surface area contributed by atoms with Gasteiger partial charge in [0.25, 0.3) is 11.1 Å². The van der Waals surface area contributed by atoms with Crippen LogP contribution in [0.1, 0.15) is 18.4 Å². The predicted molar refractivity (Wildman–Crippen MR) is 108 cm³/mol. The Labute approximate surface area is 178 Å². The number of carbonyl (C=O) groups excluding carboxylic acids is 1. The number of ether oxygens (including phenoxy) is 1. The van der Waals surface area contributed by atoms with Gasteiger partial charge in [-0.3, -0.25) is 4.79 Å². The zero-order chi connectivity index (χ0) is 20.8. The van der Waals surface area contributed by atoms with Crippen molar-refractivity contribution in [2.45, 2.75) is 25.2 Å². The topological polar surface area (TPSA) is 77.2 Å². The fraction of sp³-hybridized carbons (Fsp3) is 0.211. The fourth-order valence-corrected chi connectivity index (χ4v) is 3.37. The number of benzene rings is 2. The van der Waals surface area contributed by atoms with Crippen LogP contribution in [0.3, 0.4) is 0 Å². The first-order valence-electron chi connectivity index (χ1n) is 8.56. The quantitative estimate of drug-likeness (QED) is 0.455. The molecule has 0 aliphatic heterocycles. The molecule has 0 spiro atoms. The van der Waals surface area contributed by atoms with Gasteiger partial charge in [0.1, 0.15) is 11.6 Å². The van der Waals surface area contributed by atoms with Gasteiger partial charge >= 0.3 is 0 Å². The molecule has 0 unspecified atom stereocenters. The average molecular weight is 484 g/mol. The number of nitrogens with one attached hydrogen (secondary N) is 1. The van der Waals surface area contributed by atoms with Gasteiger partial charge in [-0.2, -0.15) is 0 Å². The first-order chi connectivity index (χ1) is 13.9. The second kappa shape index (κ2) is 9.84. The fourth-order valence-electron chi connectivity index (χ4n) is 2.29. The normalized spacial score (nSPS) is 10.8. The molecule has 2 aromatic carbocycles. The predicted octanol–water partition coefficient (Wildman–Crippen LogP) is 4.98. The lowest BCUT2D eigenvalue weighted by atomic mass is 10.2. The number of anilines is 1. The number of aryl methyl sites for hydroxylation is 1. The minimum atomic E-state index is -0.876. The van der Waals surface area contributed by atoms with Crippen molar-refractivity contribution >= 4 is 39.3 Å². The first kappa shape index (κ1) is 21.3. The highest BCUT2D eigenvalue weighted by molar-refractivity contribution is 9.10. The van der Waals surface area contributed by atoms with E-state index >= 15 is 0 Å². The monoisotopic (exact) mass is 483 g/mol. The summed E-state index contributed by atoms with van der Waals surface area (Å²) >= 11 is 4.00. The lowest BCUT2D eigenvalue weighted by Gasteiger charge is -2.08. The van der Waals surface area contributed by atoms with Crippen LogP contribution in [0.25, 0.3) is 0 Å². The second-order valence-electron chi connectivity index (χ2n) is 5.83. The Bertz CT molecular complexity index is 976. The van der Waals surface area contributed by atoms with Gasteiger partial charge in [-0.05, 0) is 46.1 Å². The molecule has 1 heterocycles. The van der Waals surface area contributed by atoms with Crippen molar-refractivity contribution in [2.24, 2.45) is 0 Å². The van der Waals surface area contributed by atoms with Crippen molar-refractivity contribution in [3.63, 3.8) is 0 Å². The maximum Gasteiger partial charge on any atom is 0.277 e.